The van der Waals surface area contributed by atoms with Gasteiger partial charge < -0.3 is 4.43 Å². The molecule has 0 bridgehead atoms. The van der Waals surface area contributed by atoms with E-state index in [-0.39, 0.29) is 5.04 Å². The Bertz CT molecular complexity index is 1110. The standard InChI is InChI=1S/C30H34OSSi/c1-30(2,3)33(28-16-6-4-7-17-28,29-18-8-5-9-19-29)31-22-12-13-23-32-27-21-20-25-14-10-11-15-26(25)24-27/h4-11,14-21,24H,12-13,22-23H2,1-3H3. The molecule has 1 nitrogen and oxygen atoms in total. The van der Waals surface area contributed by atoms with Crippen LogP contribution in [0.5, 0.6) is 0 Å². The van der Waals surface area contributed by atoms with E-state index < -0.39 is 8.32 Å². The average molecular weight is 471 g/mol. The largest absolute Gasteiger partial charge is 0.407 e. The molecule has 4 aromatic carbocycles. The van der Waals surface area contributed by atoms with Crippen LogP contribution < -0.4 is 10.4 Å². The molecule has 4 aromatic rings. The van der Waals surface area contributed by atoms with Crippen LogP contribution in [0.1, 0.15) is 33.6 Å². The fourth-order valence-electron chi connectivity index (χ4n) is 4.64. The summed E-state index contributed by atoms with van der Waals surface area (Å²) in [6.45, 7) is 7.82. The first-order valence-electron chi connectivity index (χ1n) is 11.9. The zero-order valence-corrected chi connectivity index (χ0v) is 21.8. The Hall–Kier alpha value is -2.33. The molecule has 0 saturated heterocycles. The Labute approximate surface area is 204 Å². The summed E-state index contributed by atoms with van der Waals surface area (Å²) in [7, 11) is -2.41. The van der Waals surface area contributed by atoms with Crippen LogP contribution in [-0.4, -0.2) is 20.7 Å². The number of fused-ring (bicyclic) bond motifs is 1. The van der Waals surface area contributed by atoms with E-state index in [1.54, 1.807) is 0 Å². The second-order valence-electron chi connectivity index (χ2n) is 9.58. The van der Waals surface area contributed by atoms with Gasteiger partial charge in [-0.25, -0.2) is 0 Å². The average Bonchev–Trinajstić information content (AvgIpc) is 2.84. The van der Waals surface area contributed by atoms with Crippen LogP contribution in [0.4, 0.5) is 0 Å². The third-order valence-corrected chi connectivity index (χ3v) is 12.4. The van der Waals surface area contributed by atoms with Gasteiger partial charge in [-0.15, -0.1) is 11.8 Å². The summed E-state index contributed by atoms with van der Waals surface area (Å²) >= 11 is 1.95. The van der Waals surface area contributed by atoms with Crippen molar-refractivity contribution in [3.63, 3.8) is 0 Å². The molecule has 0 fully saturated rings. The van der Waals surface area contributed by atoms with Crippen molar-refractivity contribution in [2.45, 2.75) is 43.5 Å². The Kier molecular flexibility index (Phi) is 7.74. The Morgan fingerprint density at radius 2 is 1.24 bits per heavy atom. The maximum absolute atomic E-state index is 7.01. The van der Waals surface area contributed by atoms with Gasteiger partial charge in [0.25, 0.3) is 8.32 Å². The van der Waals surface area contributed by atoms with Crippen LogP contribution in [0.2, 0.25) is 5.04 Å². The number of hydrogen-bond acceptors (Lipinski definition) is 2. The highest BCUT2D eigenvalue weighted by Gasteiger charge is 2.49. The number of hydrogen-bond donors (Lipinski definition) is 0. The Morgan fingerprint density at radius 3 is 1.85 bits per heavy atom. The Morgan fingerprint density at radius 1 is 0.667 bits per heavy atom. The predicted octanol–water partition coefficient (Wildman–Crippen LogP) is 7.29. The van der Waals surface area contributed by atoms with Gasteiger partial charge in [0.1, 0.15) is 0 Å². The number of thioether (sulfide) groups is 1. The van der Waals surface area contributed by atoms with Gasteiger partial charge >= 0.3 is 0 Å². The molecule has 4 rings (SSSR count). The van der Waals surface area contributed by atoms with Crippen molar-refractivity contribution in [3.8, 4) is 0 Å². The van der Waals surface area contributed by atoms with E-state index in [4.69, 9.17) is 4.43 Å². The van der Waals surface area contributed by atoms with Crippen LogP contribution in [0, 0.1) is 0 Å². The first-order chi connectivity index (χ1) is 16.0. The van der Waals surface area contributed by atoms with E-state index in [2.05, 4.69) is 124 Å². The molecular formula is C30H34OSSi. The summed E-state index contributed by atoms with van der Waals surface area (Å²) in [6.07, 6.45) is 2.22. The maximum Gasteiger partial charge on any atom is 0.261 e. The number of rotatable bonds is 9. The fourth-order valence-corrected chi connectivity index (χ4v) is 10.2. The monoisotopic (exact) mass is 470 g/mol. The molecule has 0 atom stereocenters. The molecule has 0 unspecified atom stereocenters. The van der Waals surface area contributed by atoms with Gasteiger partial charge in [-0.3, -0.25) is 0 Å². The van der Waals surface area contributed by atoms with Crippen LogP contribution in [0.3, 0.4) is 0 Å². The van der Waals surface area contributed by atoms with Gasteiger partial charge in [0.2, 0.25) is 0 Å². The van der Waals surface area contributed by atoms with Crippen molar-refractivity contribution >= 4 is 41.2 Å². The van der Waals surface area contributed by atoms with Crippen molar-refractivity contribution < 1.29 is 4.43 Å². The third kappa shape index (κ3) is 5.43. The van der Waals surface area contributed by atoms with Gasteiger partial charge in [-0.2, -0.15) is 0 Å². The fraction of sp³-hybridized carbons (Fsp3) is 0.267. The molecule has 0 saturated carbocycles. The zero-order valence-electron chi connectivity index (χ0n) is 20.0. The van der Waals surface area contributed by atoms with E-state index in [0.717, 1.165) is 25.2 Å². The molecular weight excluding hydrogens is 436 g/mol. The first-order valence-corrected chi connectivity index (χ1v) is 14.8. The molecule has 0 aliphatic carbocycles. The molecule has 170 valence electrons. The Balaban J connectivity index is 1.42. The van der Waals surface area contributed by atoms with Gasteiger partial charge in [-0.1, -0.05) is 112 Å². The van der Waals surface area contributed by atoms with Gasteiger partial charge in [0.15, 0.2) is 0 Å². The smallest absolute Gasteiger partial charge is 0.261 e. The second kappa shape index (κ2) is 10.7. The van der Waals surface area contributed by atoms with Crippen molar-refractivity contribution in [3.05, 3.63) is 103 Å². The van der Waals surface area contributed by atoms with Gasteiger partial charge in [0, 0.05) is 11.5 Å². The van der Waals surface area contributed by atoms with Crippen molar-refractivity contribution in [1.82, 2.24) is 0 Å². The SMILES string of the molecule is CC(C)(C)[Si](OCCCCSc1ccc2ccccc2c1)(c1ccccc1)c1ccccc1. The van der Waals surface area contributed by atoms with Crippen molar-refractivity contribution in [2.24, 2.45) is 0 Å². The summed E-state index contributed by atoms with van der Waals surface area (Å²) in [5, 5.41) is 5.37. The van der Waals surface area contributed by atoms with E-state index in [1.807, 2.05) is 11.8 Å². The highest BCUT2D eigenvalue weighted by atomic mass is 32.2. The lowest BCUT2D eigenvalue weighted by Crippen LogP contribution is -2.66. The first kappa shape index (κ1) is 23.8. The maximum atomic E-state index is 7.01. The predicted molar refractivity (Wildman–Crippen MR) is 147 cm³/mol. The summed E-state index contributed by atoms with van der Waals surface area (Å²) in [5.41, 5.74) is 0. The zero-order chi connectivity index (χ0) is 23.2. The molecule has 0 aliphatic rings. The summed E-state index contributed by atoms with van der Waals surface area (Å²) in [4.78, 5) is 1.35. The van der Waals surface area contributed by atoms with E-state index in [9.17, 15) is 0 Å². The van der Waals surface area contributed by atoms with Crippen LogP contribution in [0.15, 0.2) is 108 Å². The highest BCUT2D eigenvalue weighted by molar-refractivity contribution is 7.99. The van der Waals surface area contributed by atoms with E-state index in [0.29, 0.717) is 0 Å². The molecule has 0 heterocycles. The summed E-state index contributed by atoms with van der Waals surface area (Å²) < 4.78 is 7.01. The number of unbranched alkanes of at least 4 members (excludes halogenated alkanes) is 1. The normalized spacial score (nSPS) is 12.2. The molecule has 0 aliphatic heterocycles. The van der Waals surface area contributed by atoms with Gasteiger partial charge in [-0.05, 0) is 56.9 Å². The minimum atomic E-state index is -2.41. The molecule has 0 aromatic heterocycles. The summed E-state index contributed by atoms with van der Waals surface area (Å²) in [5.74, 6) is 1.11. The highest BCUT2D eigenvalue weighted by Crippen LogP contribution is 2.37. The van der Waals surface area contributed by atoms with Crippen molar-refractivity contribution in [2.75, 3.05) is 12.4 Å². The summed E-state index contributed by atoms with van der Waals surface area (Å²) in [6, 6.07) is 37.2. The minimum absolute atomic E-state index is 0.0373. The quantitative estimate of drug-likeness (QED) is 0.144. The third-order valence-electron chi connectivity index (χ3n) is 6.26. The minimum Gasteiger partial charge on any atom is -0.407 e. The molecule has 0 radical (unpaired) electrons. The van der Waals surface area contributed by atoms with E-state index in [1.165, 1.54) is 26.0 Å². The second-order valence-corrected chi connectivity index (χ2v) is 15.1. The molecule has 33 heavy (non-hydrogen) atoms. The molecule has 0 spiro atoms. The van der Waals surface area contributed by atoms with Gasteiger partial charge in [0.05, 0.1) is 0 Å². The lowest BCUT2D eigenvalue weighted by Gasteiger charge is -2.43. The van der Waals surface area contributed by atoms with Crippen LogP contribution >= 0.6 is 11.8 Å². The van der Waals surface area contributed by atoms with Crippen LogP contribution in [-0.2, 0) is 4.43 Å². The lowest BCUT2D eigenvalue weighted by atomic mass is 10.1. The molecule has 3 heteroatoms. The van der Waals surface area contributed by atoms with E-state index >= 15 is 0 Å². The van der Waals surface area contributed by atoms with Crippen LogP contribution in [0.25, 0.3) is 10.8 Å². The van der Waals surface area contributed by atoms with Crippen molar-refractivity contribution in [1.29, 1.82) is 0 Å². The molecule has 0 amide bonds. The molecule has 0 N–H and O–H groups in total. The lowest BCUT2D eigenvalue weighted by molar-refractivity contribution is 0.291. The topological polar surface area (TPSA) is 9.23 Å². The number of benzene rings is 4.